The van der Waals surface area contributed by atoms with Crippen molar-refractivity contribution in [2.45, 2.75) is 0 Å². The van der Waals surface area contributed by atoms with Crippen LogP contribution in [0.2, 0.25) is 0 Å². The molecule has 0 aliphatic carbocycles. The fraction of sp³-hybridized carbons (Fsp3) is 0.143. The summed E-state index contributed by atoms with van der Waals surface area (Å²) < 4.78 is 4.57. The summed E-state index contributed by atoms with van der Waals surface area (Å²) in [6.07, 6.45) is 2.97. The molecule has 2 aromatic rings. The van der Waals surface area contributed by atoms with Gasteiger partial charge in [0.15, 0.2) is 0 Å². The Hall–Kier alpha value is -3.16. The molecule has 0 bridgehead atoms. The Bertz CT molecular complexity index is 665. The average Bonchev–Trinajstić information content (AvgIpc) is 3.05. The highest BCUT2D eigenvalue weighted by atomic mass is 16.5. The minimum Gasteiger partial charge on any atom is -0.465 e. The standard InChI is InChI=1S/C14H14N4O4/c1-22-14(21)10-4-2-9(3-5-10)13(20)15-8-12(19)18-11-6-16-17-7-11/h2-7H,8H2,1H3,(H,15,20)(H,16,17)(H,18,19). The van der Waals surface area contributed by atoms with Crippen molar-refractivity contribution in [2.75, 3.05) is 19.0 Å². The Labute approximate surface area is 125 Å². The van der Waals surface area contributed by atoms with Crippen LogP contribution in [-0.2, 0) is 9.53 Å². The molecule has 2 amide bonds. The number of carbonyl (C=O) groups is 3. The molecular formula is C14H14N4O4. The molecule has 0 unspecified atom stereocenters. The van der Waals surface area contributed by atoms with Crippen LogP contribution in [0.3, 0.4) is 0 Å². The zero-order valence-electron chi connectivity index (χ0n) is 11.8. The smallest absolute Gasteiger partial charge is 0.337 e. The van der Waals surface area contributed by atoms with Crippen LogP contribution >= 0.6 is 0 Å². The van der Waals surface area contributed by atoms with Gasteiger partial charge in [0.25, 0.3) is 5.91 Å². The minimum absolute atomic E-state index is 0.178. The first-order valence-electron chi connectivity index (χ1n) is 6.35. The third kappa shape index (κ3) is 3.92. The van der Waals surface area contributed by atoms with E-state index in [4.69, 9.17) is 0 Å². The number of ether oxygens (including phenoxy) is 1. The largest absolute Gasteiger partial charge is 0.465 e. The molecule has 8 heteroatoms. The lowest BCUT2D eigenvalue weighted by Crippen LogP contribution is -2.32. The van der Waals surface area contributed by atoms with E-state index >= 15 is 0 Å². The first kappa shape index (κ1) is 15.2. The van der Waals surface area contributed by atoms with E-state index in [0.29, 0.717) is 16.8 Å². The third-order valence-corrected chi connectivity index (χ3v) is 2.76. The summed E-state index contributed by atoms with van der Waals surface area (Å²) in [6.45, 7) is -0.178. The van der Waals surface area contributed by atoms with Crippen LogP contribution in [0.4, 0.5) is 5.69 Å². The minimum atomic E-state index is -0.480. The molecule has 0 saturated heterocycles. The molecule has 0 atom stereocenters. The van der Waals surface area contributed by atoms with Gasteiger partial charge in [-0.1, -0.05) is 0 Å². The molecular weight excluding hydrogens is 288 g/mol. The Morgan fingerprint density at radius 1 is 1.18 bits per heavy atom. The Kier molecular flexibility index (Phi) is 4.86. The number of esters is 1. The Balaban J connectivity index is 1.86. The summed E-state index contributed by atoms with van der Waals surface area (Å²) >= 11 is 0. The second kappa shape index (κ2) is 7.02. The number of anilines is 1. The number of methoxy groups -OCH3 is 1. The highest BCUT2D eigenvalue weighted by Crippen LogP contribution is 2.06. The topological polar surface area (TPSA) is 113 Å². The second-order valence-corrected chi connectivity index (χ2v) is 4.29. The van der Waals surface area contributed by atoms with Gasteiger partial charge in [-0.2, -0.15) is 5.10 Å². The quantitative estimate of drug-likeness (QED) is 0.699. The van der Waals surface area contributed by atoms with Gasteiger partial charge in [0.1, 0.15) is 0 Å². The van der Waals surface area contributed by atoms with Gasteiger partial charge in [-0.15, -0.1) is 0 Å². The van der Waals surface area contributed by atoms with Crippen molar-refractivity contribution in [1.82, 2.24) is 15.5 Å². The van der Waals surface area contributed by atoms with Gasteiger partial charge in [0, 0.05) is 11.8 Å². The number of nitrogens with zero attached hydrogens (tertiary/aromatic N) is 1. The van der Waals surface area contributed by atoms with Crippen LogP contribution in [0, 0.1) is 0 Å². The van der Waals surface area contributed by atoms with Crippen LogP contribution in [0.15, 0.2) is 36.7 Å². The molecule has 1 aromatic heterocycles. The van der Waals surface area contributed by atoms with Gasteiger partial charge in [-0.05, 0) is 24.3 Å². The lowest BCUT2D eigenvalue weighted by molar-refractivity contribution is -0.115. The number of aromatic amines is 1. The normalized spacial score (nSPS) is 9.86. The van der Waals surface area contributed by atoms with Gasteiger partial charge in [0.2, 0.25) is 5.91 Å². The van der Waals surface area contributed by atoms with E-state index in [1.807, 2.05) is 0 Å². The van der Waals surface area contributed by atoms with Gasteiger partial charge < -0.3 is 15.4 Å². The number of rotatable bonds is 5. The first-order valence-corrected chi connectivity index (χ1v) is 6.35. The molecule has 22 heavy (non-hydrogen) atoms. The SMILES string of the molecule is COC(=O)c1ccc(C(=O)NCC(=O)Nc2cn[nH]c2)cc1. The van der Waals surface area contributed by atoms with Crippen LogP contribution < -0.4 is 10.6 Å². The fourth-order valence-electron chi connectivity index (χ4n) is 1.66. The maximum atomic E-state index is 11.9. The zero-order valence-corrected chi connectivity index (χ0v) is 11.8. The highest BCUT2D eigenvalue weighted by molar-refractivity contribution is 6.00. The van der Waals surface area contributed by atoms with Crippen LogP contribution in [-0.4, -0.2) is 41.6 Å². The molecule has 8 nitrogen and oxygen atoms in total. The van der Waals surface area contributed by atoms with Crippen LogP contribution in [0.5, 0.6) is 0 Å². The summed E-state index contributed by atoms with van der Waals surface area (Å²) in [5.41, 5.74) is 1.20. The molecule has 0 fully saturated rings. The summed E-state index contributed by atoms with van der Waals surface area (Å²) in [5, 5.41) is 11.3. The van der Waals surface area contributed by atoms with E-state index in [1.54, 1.807) is 0 Å². The highest BCUT2D eigenvalue weighted by Gasteiger charge is 2.10. The number of nitrogens with one attached hydrogen (secondary N) is 3. The maximum Gasteiger partial charge on any atom is 0.337 e. The molecule has 3 N–H and O–H groups in total. The van der Waals surface area contributed by atoms with E-state index in [-0.39, 0.29) is 12.5 Å². The van der Waals surface area contributed by atoms with Crippen LogP contribution in [0.25, 0.3) is 0 Å². The first-order chi connectivity index (χ1) is 10.6. The van der Waals surface area contributed by atoms with Crippen molar-refractivity contribution >= 4 is 23.5 Å². The van der Waals surface area contributed by atoms with E-state index in [0.717, 1.165) is 0 Å². The van der Waals surface area contributed by atoms with Gasteiger partial charge >= 0.3 is 5.97 Å². The maximum absolute atomic E-state index is 11.9. The summed E-state index contributed by atoms with van der Waals surface area (Å²) in [5.74, 6) is -1.27. The van der Waals surface area contributed by atoms with Gasteiger partial charge in [-0.25, -0.2) is 4.79 Å². The van der Waals surface area contributed by atoms with Crippen molar-refractivity contribution < 1.29 is 19.1 Å². The zero-order chi connectivity index (χ0) is 15.9. The van der Waals surface area contributed by atoms with Crippen molar-refractivity contribution in [1.29, 1.82) is 0 Å². The molecule has 0 radical (unpaired) electrons. The van der Waals surface area contributed by atoms with E-state index < -0.39 is 11.9 Å². The average molecular weight is 302 g/mol. The molecule has 114 valence electrons. The molecule has 2 rings (SSSR count). The summed E-state index contributed by atoms with van der Waals surface area (Å²) in [6, 6.07) is 5.92. The van der Waals surface area contributed by atoms with Gasteiger partial charge in [-0.3, -0.25) is 14.7 Å². The van der Waals surface area contributed by atoms with Crippen molar-refractivity contribution in [3.8, 4) is 0 Å². The van der Waals surface area contributed by atoms with Crippen molar-refractivity contribution in [3.05, 3.63) is 47.8 Å². The number of aromatic nitrogens is 2. The number of H-pyrrole nitrogens is 1. The summed E-state index contributed by atoms with van der Waals surface area (Å²) in [4.78, 5) is 34.8. The van der Waals surface area contributed by atoms with Crippen molar-refractivity contribution in [3.63, 3.8) is 0 Å². The van der Waals surface area contributed by atoms with E-state index in [9.17, 15) is 14.4 Å². The predicted octanol–water partition coefficient (Wildman–Crippen LogP) is 0.565. The molecule has 0 aliphatic rings. The predicted molar refractivity (Wildman–Crippen MR) is 77.3 cm³/mol. The lowest BCUT2D eigenvalue weighted by atomic mass is 10.1. The van der Waals surface area contributed by atoms with Gasteiger partial charge in [0.05, 0.1) is 31.1 Å². The fourth-order valence-corrected chi connectivity index (χ4v) is 1.66. The number of benzene rings is 1. The molecule has 1 heterocycles. The van der Waals surface area contributed by atoms with Crippen LogP contribution in [0.1, 0.15) is 20.7 Å². The number of amides is 2. The van der Waals surface area contributed by atoms with Crippen molar-refractivity contribution in [2.24, 2.45) is 0 Å². The summed E-state index contributed by atoms with van der Waals surface area (Å²) in [7, 11) is 1.28. The molecule has 1 aromatic carbocycles. The second-order valence-electron chi connectivity index (χ2n) is 4.29. The number of hydrogen-bond donors (Lipinski definition) is 3. The Morgan fingerprint density at radius 3 is 2.45 bits per heavy atom. The monoisotopic (exact) mass is 302 g/mol. The Morgan fingerprint density at radius 2 is 1.86 bits per heavy atom. The van der Waals surface area contributed by atoms with E-state index in [2.05, 4.69) is 25.6 Å². The van der Waals surface area contributed by atoms with E-state index in [1.165, 1.54) is 43.8 Å². The third-order valence-electron chi connectivity index (χ3n) is 2.76. The lowest BCUT2D eigenvalue weighted by Gasteiger charge is -2.06. The molecule has 0 aliphatic heterocycles. The molecule has 0 saturated carbocycles. The number of carbonyl (C=O) groups excluding carboxylic acids is 3. The molecule has 0 spiro atoms. The number of hydrogen-bond acceptors (Lipinski definition) is 5.